The maximum atomic E-state index is 4.73. The molecule has 27 heavy (non-hydrogen) atoms. The summed E-state index contributed by atoms with van der Waals surface area (Å²) in [7, 11) is 4.13. The topological polar surface area (TPSA) is 44.3 Å². The molecule has 5 heteroatoms. The fraction of sp³-hybridized carbons (Fsp3) is 0.273. The van der Waals surface area contributed by atoms with E-state index in [0.717, 1.165) is 37.4 Å². The van der Waals surface area contributed by atoms with Crippen molar-refractivity contribution in [2.45, 2.75) is 19.5 Å². The Morgan fingerprint density at radius 3 is 2.56 bits per heavy atom. The van der Waals surface area contributed by atoms with Crippen molar-refractivity contribution in [3.8, 4) is 0 Å². The first-order chi connectivity index (χ1) is 13.2. The molecule has 5 nitrogen and oxygen atoms in total. The Morgan fingerprint density at radius 2 is 1.81 bits per heavy atom. The molecule has 1 aliphatic heterocycles. The number of aromatic nitrogens is 2. The summed E-state index contributed by atoms with van der Waals surface area (Å²) < 4.78 is 0. The van der Waals surface area contributed by atoms with E-state index in [2.05, 4.69) is 58.5 Å². The van der Waals surface area contributed by atoms with Gasteiger partial charge in [-0.3, -0.25) is 4.90 Å². The summed E-state index contributed by atoms with van der Waals surface area (Å²) in [4.78, 5) is 13.8. The summed E-state index contributed by atoms with van der Waals surface area (Å²) in [5.41, 5.74) is 5.96. The highest BCUT2D eigenvalue weighted by atomic mass is 15.2. The molecule has 0 spiro atoms. The van der Waals surface area contributed by atoms with Crippen molar-refractivity contribution in [1.29, 1.82) is 0 Å². The molecule has 0 atom stereocenters. The summed E-state index contributed by atoms with van der Waals surface area (Å²) in [5.74, 6) is 0.674. The van der Waals surface area contributed by atoms with Gasteiger partial charge in [-0.1, -0.05) is 30.3 Å². The second-order valence-electron chi connectivity index (χ2n) is 7.18. The number of anilines is 3. The van der Waals surface area contributed by atoms with Crippen molar-refractivity contribution >= 4 is 17.3 Å². The summed E-state index contributed by atoms with van der Waals surface area (Å²) in [6.45, 7) is 2.87. The lowest BCUT2D eigenvalue weighted by Gasteiger charge is -2.28. The number of nitrogens with one attached hydrogen (secondary N) is 1. The van der Waals surface area contributed by atoms with Gasteiger partial charge in [0.15, 0.2) is 0 Å². The van der Waals surface area contributed by atoms with Crippen LogP contribution in [0.1, 0.15) is 16.8 Å². The van der Waals surface area contributed by atoms with Gasteiger partial charge >= 0.3 is 0 Å². The van der Waals surface area contributed by atoms with Crippen molar-refractivity contribution in [2.24, 2.45) is 0 Å². The van der Waals surface area contributed by atoms with Crippen LogP contribution in [0, 0.1) is 0 Å². The molecule has 0 saturated heterocycles. The van der Waals surface area contributed by atoms with E-state index in [1.165, 1.54) is 16.8 Å². The summed E-state index contributed by atoms with van der Waals surface area (Å²) in [5, 5.41) is 3.28. The standard InChI is InChI=1S/C22H25N5/c1-26(2)20-10-8-17(9-11-20)15-27-13-12-21-18(16-27)14-23-22(25-21)24-19-6-4-3-5-7-19/h3-11,14H,12-13,15-16H2,1-2H3,(H,23,24,25). The molecule has 138 valence electrons. The first-order valence-corrected chi connectivity index (χ1v) is 9.33. The lowest BCUT2D eigenvalue weighted by Crippen LogP contribution is -2.31. The third-order valence-corrected chi connectivity index (χ3v) is 4.90. The Bertz CT molecular complexity index is 890. The molecule has 0 unspecified atom stereocenters. The van der Waals surface area contributed by atoms with E-state index >= 15 is 0 Å². The maximum absolute atomic E-state index is 4.73. The first kappa shape index (κ1) is 17.5. The predicted octanol–water partition coefficient (Wildman–Crippen LogP) is 3.84. The van der Waals surface area contributed by atoms with Crippen LogP contribution < -0.4 is 10.2 Å². The molecule has 2 heterocycles. The van der Waals surface area contributed by atoms with E-state index < -0.39 is 0 Å². The third kappa shape index (κ3) is 4.26. The number of hydrogen-bond donors (Lipinski definition) is 1. The van der Waals surface area contributed by atoms with Gasteiger partial charge < -0.3 is 10.2 Å². The van der Waals surface area contributed by atoms with Crippen molar-refractivity contribution in [3.63, 3.8) is 0 Å². The predicted molar refractivity (Wildman–Crippen MR) is 110 cm³/mol. The Kier molecular flexibility index (Phi) is 5.03. The first-order valence-electron chi connectivity index (χ1n) is 9.33. The molecule has 0 aliphatic carbocycles. The quantitative estimate of drug-likeness (QED) is 0.750. The van der Waals surface area contributed by atoms with Gasteiger partial charge in [-0.15, -0.1) is 0 Å². The Labute approximate surface area is 160 Å². The van der Waals surface area contributed by atoms with Crippen molar-refractivity contribution in [2.75, 3.05) is 30.9 Å². The van der Waals surface area contributed by atoms with E-state index in [9.17, 15) is 0 Å². The zero-order valence-electron chi connectivity index (χ0n) is 15.9. The van der Waals surface area contributed by atoms with Crippen molar-refractivity contribution in [3.05, 3.63) is 77.6 Å². The van der Waals surface area contributed by atoms with E-state index in [1.807, 2.05) is 36.5 Å². The number of para-hydroxylation sites is 1. The minimum absolute atomic E-state index is 0.674. The van der Waals surface area contributed by atoms with Gasteiger partial charge in [0.05, 0.1) is 5.69 Å². The smallest absolute Gasteiger partial charge is 0.227 e. The van der Waals surface area contributed by atoms with E-state index in [1.54, 1.807) is 0 Å². The average molecular weight is 359 g/mol. The summed E-state index contributed by atoms with van der Waals surface area (Å²) >= 11 is 0. The molecule has 4 rings (SSSR count). The largest absolute Gasteiger partial charge is 0.378 e. The molecule has 0 amide bonds. The zero-order valence-corrected chi connectivity index (χ0v) is 15.9. The molecular formula is C22H25N5. The second kappa shape index (κ2) is 7.76. The fourth-order valence-corrected chi connectivity index (χ4v) is 3.38. The van der Waals surface area contributed by atoms with E-state index in [-0.39, 0.29) is 0 Å². The lowest BCUT2D eigenvalue weighted by molar-refractivity contribution is 0.243. The highest BCUT2D eigenvalue weighted by Crippen LogP contribution is 2.22. The molecule has 0 radical (unpaired) electrons. The van der Waals surface area contributed by atoms with Crippen LogP contribution in [0.25, 0.3) is 0 Å². The average Bonchev–Trinajstić information content (AvgIpc) is 2.69. The van der Waals surface area contributed by atoms with Crippen molar-refractivity contribution in [1.82, 2.24) is 14.9 Å². The molecule has 3 aromatic rings. The van der Waals surface area contributed by atoms with Gasteiger partial charge in [-0.2, -0.15) is 0 Å². The maximum Gasteiger partial charge on any atom is 0.227 e. The van der Waals surface area contributed by atoms with Gasteiger partial charge in [0.1, 0.15) is 0 Å². The van der Waals surface area contributed by atoms with E-state index in [4.69, 9.17) is 4.98 Å². The minimum Gasteiger partial charge on any atom is -0.378 e. The van der Waals surface area contributed by atoms with Crippen LogP contribution in [0.4, 0.5) is 17.3 Å². The van der Waals surface area contributed by atoms with Gasteiger partial charge in [0, 0.05) is 63.3 Å². The second-order valence-corrected chi connectivity index (χ2v) is 7.18. The van der Waals surface area contributed by atoms with Crippen LogP contribution >= 0.6 is 0 Å². The minimum atomic E-state index is 0.674. The highest BCUT2D eigenvalue weighted by molar-refractivity contribution is 5.53. The molecular weight excluding hydrogens is 334 g/mol. The van der Waals surface area contributed by atoms with Gasteiger partial charge in [0.2, 0.25) is 5.95 Å². The van der Waals surface area contributed by atoms with Crippen LogP contribution in [-0.4, -0.2) is 35.5 Å². The molecule has 1 aliphatic rings. The van der Waals surface area contributed by atoms with Crippen LogP contribution in [0.2, 0.25) is 0 Å². The molecule has 0 fully saturated rings. The number of benzene rings is 2. The Hall–Kier alpha value is -2.92. The molecule has 0 saturated carbocycles. The normalized spacial score (nSPS) is 13.9. The van der Waals surface area contributed by atoms with Crippen molar-refractivity contribution < 1.29 is 0 Å². The monoisotopic (exact) mass is 359 g/mol. The van der Waals surface area contributed by atoms with Crippen LogP contribution in [0.5, 0.6) is 0 Å². The third-order valence-electron chi connectivity index (χ3n) is 4.90. The van der Waals surface area contributed by atoms with Crippen LogP contribution in [0.3, 0.4) is 0 Å². The number of nitrogens with zero attached hydrogens (tertiary/aromatic N) is 4. The van der Waals surface area contributed by atoms with Gasteiger partial charge in [0.25, 0.3) is 0 Å². The Balaban J connectivity index is 1.41. The summed E-state index contributed by atoms with van der Waals surface area (Å²) in [6.07, 6.45) is 2.92. The molecule has 1 aromatic heterocycles. The molecule has 1 N–H and O–H groups in total. The van der Waals surface area contributed by atoms with Gasteiger partial charge in [-0.25, -0.2) is 9.97 Å². The number of rotatable bonds is 5. The highest BCUT2D eigenvalue weighted by Gasteiger charge is 2.18. The zero-order chi connectivity index (χ0) is 18.6. The number of fused-ring (bicyclic) bond motifs is 1. The SMILES string of the molecule is CN(C)c1ccc(CN2CCc3nc(Nc4ccccc4)ncc3C2)cc1. The van der Waals surface area contributed by atoms with Crippen LogP contribution in [0.15, 0.2) is 60.8 Å². The summed E-state index contributed by atoms with van der Waals surface area (Å²) in [6, 6.07) is 18.8. The molecule has 2 aromatic carbocycles. The molecule has 0 bridgehead atoms. The number of hydrogen-bond acceptors (Lipinski definition) is 5. The Morgan fingerprint density at radius 1 is 1.04 bits per heavy atom. The lowest BCUT2D eigenvalue weighted by atomic mass is 10.1. The van der Waals surface area contributed by atoms with Gasteiger partial charge in [-0.05, 0) is 29.8 Å². The fourth-order valence-electron chi connectivity index (χ4n) is 3.38. The van der Waals surface area contributed by atoms with Crippen LogP contribution in [-0.2, 0) is 19.5 Å². The van der Waals surface area contributed by atoms with E-state index in [0.29, 0.717) is 5.95 Å².